The topological polar surface area (TPSA) is 75.4 Å². The van der Waals surface area contributed by atoms with E-state index in [2.05, 4.69) is 5.32 Å². The van der Waals surface area contributed by atoms with Crippen LogP contribution in [0.2, 0.25) is 0 Å². The fourth-order valence-corrected chi connectivity index (χ4v) is 4.01. The summed E-state index contributed by atoms with van der Waals surface area (Å²) >= 11 is 0. The summed E-state index contributed by atoms with van der Waals surface area (Å²) in [6, 6.07) is 7.56. The maximum atomic E-state index is 12.6. The Balaban J connectivity index is 1.71. The number of amides is 2. The largest absolute Gasteiger partial charge is 0.330 e. The molecule has 1 aliphatic heterocycles. The average Bonchev–Trinajstić information content (AvgIpc) is 3.02. The molecule has 1 aliphatic carbocycles. The van der Waals surface area contributed by atoms with E-state index in [0.717, 1.165) is 50.0 Å². The summed E-state index contributed by atoms with van der Waals surface area (Å²) in [5, 5.41) is 3.03. The summed E-state index contributed by atoms with van der Waals surface area (Å²) < 4.78 is 0. The highest BCUT2D eigenvalue weighted by Gasteiger charge is 2.33. The Morgan fingerprint density at radius 3 is 2.58 bits per heavy atom. The molecule has 3 rings (SSSR count). The lowest BCUT2D eigenvalue weighted by molar-refractivity contribution is -0.119. The molecule has 24 heavy (non-hydrogen) atoms. The molecule has 1 saturated heterocycles. The molecule has 0 spiro atoms. The van der Waals surface area contributed by atoms with Crippen molar-refractivity contribution in [2.45, 2.75) is 51.4 Å². The highest BCUT2D eigenvalue weighted by Crippen LogP contribution is 2.39. The van der Waals surface area contributed by atoms with Gasteiger partial charge in [-0.2, -0.15) is 0 Å². The summed E-state index contributed by atoms with van der Waals surface area (Å²) in [7, 11) is 0. The molecule has 3 N–H and O–H groups in total. The zero-order valence-electron chi connectivity index (χ0n) is 14.2. The molecular weight excluding hydrogens is 302 g/mol. The number of benzene rings is 1. The van der Waals surface area contributed by atoms with Crippen molar-refractivity contribution in [3.05, 3.63) is 24.3 Å². The highest BCUT2D eigenvalue weighted by molar-refractivity contribution is 6.02. The van der Waals surface area contributed by atoms with Gasteiger partial charge in [0.2, 0.25) is 11.8 Å². The number of carbonyl (C=O) groups is 2. The summed E-state index contributed by atoms with van der Waals surface area (Å²) in [5.41, 5.74) is 7.47. The number of rotatable bonds is 5. The van der Waals surface area contributed by atoms with Crippen LogP contribution in [0, 0.1) is 5.41 Å². The minimum absolute atomic E-state index is 0.00134. The second kappa shape index (κ2) is 7.34. The van der Waals surface area contributed by atoms with Crippen LogP contribution in [0.1, 0.15) is 51.4 Å². The molecule has 0 aromatic heterocycles. The molecular formula is C19H27N3O2. The SMILES string of the molecule is NCC1(CC(=O)Nc2ccccc2N2CCCC2=O)CCCCC1. The second-order valence-electron chi connectivity index (χ2n) is 7.16. The number of carbonyl (C=O) groups excluding carboxylic acids is 2. The van der Waals surface area contributed by atoms with Crippen LogP contribution in [0.5, 0.6) is 0 Å². The molecule has 0 radical (unpaired) electrons. The lowest BCUT2D eigenvalue weighted by Crippen LogP contribution is -2.36. The van der Waals surface area contributed by atoms with Gasteiger partial charge in [-0.25, -0.2) is 0 Å². The van der Waals surface area contributed by atoms with E-state index in [0.29, 0.717) is 19.4 Å². The third-order valence-electron chi connectivity index (χ3n) is 5.43. The Morgan fingerprint density at radius 2 is 1.92 bits per heavy atom. The van der Waals surface area contributed by atoms with Gasteiger partial charge in [0.25, 0.3) is 0 Å². The molecule has 1 heterocycles. The quantitative estimate of drug-likeness (QED) is 0.872. The summed E-state index contributed by atoms with van der Waals surface area (Å²) in [6.45, 7) is 1.28. The molecule has 2 fully saturated rings. The van der Waals surface area contributed by atoms with Gasteiger partial charge in [0.05, 0.1) is 11.4 Å². The smallest absolute Gasteiger partial charge is 0.227 e. The lowest BCUT2D eigenvalue weighted by atomic mass is 9.71. The normalized spacial score (nSPS) is 20.2. The number of hydrogen-bond acceptors (Lipinski definition) is 3. The van der Waals surface area contributed by atoms with Gasteiger partial charge >= 0.3 is 0 Å². The molecule has 130 valence electrons. The molecule has 0 bridgehead atoms. The van der Waals surface area contributed by atoms with Crippen LogP contribution in [-0.4, -0.2) is 24.9 Å². The monoisotopic (exact) mass is 329 g/mol. The van der Waals surface area contributed by atoms with Crippen LogP contribution < -0.4 is 16.0 Å². The van der Waals surface area contributed by atoms with Crippen LogP contribution in [-0.2, 0) is 9.59 Å². The Hall–Kier alpha value is -1.88. The zero-order chi connectivity index (χ0) is 17.0. The van der Waals surface area contributed by atoms with E-state index in [1.807, 2.05) is 24.3 Å². The van der Waals surface area contributed by atoms with Crippen molar-refractivity contribution >= 4 is 23.2 Å². The van der Waals surface area contributed by atoms with E-state index < -0.39 is 0 Å². The minimum atomic E-state index is -0.0548. The van der Waals surface area contributed by atoms with Gasteiger partial charge in [-0.3, -0.25) is 9.59 Å². The van der Waals surface area contributed by atoms with E-state index in [1.165, 1.54) is 6.42 Å². The number of nitrogens with one attached hydrogen (secondary N) is 1. The van der Waals surface area contributed by atoms with Crippen molar-refractivity contribution in [3.63, 3.8) is 0 Å². The van der Waals surface area contributed by atoms with Crippen LogP contribution in [0.3, 0.4) is 0 Å². The third-order valence-corrected chi connectivity index (χ3v) is 5.43. The molecule has 1 aromatic carbocycles. The fourth-order valence-electron chi connectivity index (χ4n) is 4.01. The predicted octanol–water partition coefficient (Wildman–Crippen LogP) is 3.05. The van der Waals surface area contributed by atoms with E-state index in [-0.39, 0.29) is 17.2 Å². The Labute approximate surface area is 143 Å². The first-order valence-electron chi connectivity index (χ1n) is 9.03. The first-order valence-corrected chi connectivity index (χ1v) is 9.03. The van der Waals surface area contributed by atoms with Crippen molar-refractivity contribution < 1.29 is 9.59 Å². The molecule has 2 aliphatic rings. The predicted molar refractivity (Wildman–Crippen MR) is 95.8 cm³/mol. The standard InChI is InChI=1S/C19H27N3O2/c20-14-19(10-4-1-5-11-19)13-17(23)21-15-7-2-3-8-16(15)22-12-6-9-18(22)24/h2-3,7-8H,1,4-6,9-14,20H2,(H,21,23). The average molecular weight is 329 g/mol. The van der Waals surface area contributed by atoms with Crippen LogP contribution in [0.25, 0.3) is 0 Å². The van der Waals surface area contributed by atoms with Crippen molar-refractivity contribution in [1.29, 1.82) is 0 Å². The summed E-state index contributed by atoms with van der Waals surface area (Å²) in [4.78, 5) is 26.4. The molecule has 0 atom stereocenters. The number of anilines is 2. The summed E-state index contributed by atoms with van der Waals surface area (Å²) in [6.07, 6.45) is 7.53. The van der Waals surface area contributed by atoms with Gasteiger partial charge in [-0.15, -0.1) is 0 Å². The fraction of sp³-hybridized carbons (Fsp3) is 0.579. The summed E-state index contributed by atoms with van der Waals surface area (Å²) in [5.74, 6) is 0.129. The van der Waals surface area contributed by atoms with Crippen molar-refractivity contribution in [2.24, 2.45) is 11.1 Å². The van der Waals surface area contributed by atoms with E-state index in [4.69, 9.17) is 5.73 Å². The van der Waals surface area contributed by atoms with Crippen LogP contribution in [0.15, 0.2) is 24.3 Å². The van der Waals surface area contributed by atoms with Crippen LogP contribution >= 0.6 is 0 Å². The first-order chi connectivity index (χ1) is 11.6. The number of nitrogens with two attached hydrogens (primary N) is 1. The van der Waals surface area contributed by atoms with Gasteiger partial charge in [0.15, 0.2) is 0 Å². The number of para-hydroxylation sites is 2. The Kier molecular flexibility index (Phi) is 5.19. The van der Waals surface area contributed by atoms with Crippen molar-refractivity contribution in [1.82, 2.24) is 0 Å². The van der Waals surface area contributed by atoms with Crippen LogP contribution in [0.4, 0.5) is 11.4 Å². The van der Waals surface area contributed by atoms with Gasteiger partial charge in [-0.1, -0.05) is 31.4 Å². The maximum Gasteiger partial charge on any atom is 0.227 e. The molecule has 2 amide bonds. The molecule has 0 unspecified atom stereocenters. The highest BCUT2D eigenvalue weighted by atomic mass is 16.2. The molecule has 5 nitrogen and oxygen atoms in total. The van der Waals surface area contributed by atoms with Crippen molar-refractivity contribution in [3.8, 4) is 0 Å². The first kappa shape index (κ1) is 17.0. The van der Waals surface area contributed by atoms with Gasteiger partial charge in [0, 0.05) is 19.4 Å². The zero-order valence-corrected chi connectivity index (χ0v) is 14.2. The number of nitrogens with zero attached hydrogens (tertiary/aromatic N) is 1. The van der Waals surface area contributed by atoms with Crippen molar-refractivity contribution in [2.75, 3.05) is 23.3 Å². The van der Waals surface area contributed by atoms with Gasteiger partial charge in [0.1, 0.15) is 0 Å². The van der Waals surface area contributed by atoms with E-state index in [1.54, 1.807) is 4.90 Å². The minimum Gasteiger partial charge on any atom is -0.330 e. The Bertz CT molecular complexity index is 608. The lowest BCUT2D eigenvalue weighted by Gasteiger charge is -2.35. The van der Waals surface area contributed by atoms with E-state index >= 15 is 0 Å². The molecule has 1 aromatic rings. The maximum absolute atomic E-state index is 12.6. The number of hydrogen-bond donors (Lipinski definition) is 2. The van der Waals surface area contributed by atoms with E-state index in [9.17, 15) is 9.59 Å². The van der Waals surface area contributed by atoms with Gasteiger partial charge < -0.3 is 16.0 Å². The second-order valence-corrected chi connectivity index (χ2v) is 7.16. The third kappa shape index (κ3) is 3.61. The Morgan fingerprint density at radius 1 is 1.17 bits per heavy atom. The molecule has 5 heteroatoms. The molecule has 1 saturated carbocycles. The van der Waals surface area contributed by atoms with Gasteiger partial charge in [-0.05, 0) is 43.4 Å².